The molecule has 4 rings (SSSR count). The number of hydrogen-bond donors (Lipinski definition) is 0. The second-order valence-corrected chi connectivity index (χ2v) is 5.65. The molecule has 3 nitrogen and oxygen atoms in total. The van der Waals surface area contributed by atoms with Crippen LogP contribution in [-0.4, -0.2) is 12.6 Å². The summed E-state index contributed by atoms with van der Waals surface area (Å²) >= 11 is 0. The summed E-state index contributed by atoms with van der Waals surface area (Å²) in [6, 6.07) is 13.9. The third-order valence-electron chi connectivity index (χ3n) is 4.33. The average molecular weight is 280 g/mol. The number of benzene rings is 2. The smallest absolute Gasteiger partial charge is 0.231 e. The number of hydrogen-bond acceptors (Lipinski definition) is 3. The number of rotatable bonds is 2. The zero-order valence-electron chi connectivity index (χ0n) is 11.7. The maximum atomic E-state index is 12.6. The number of ether oxygens (including phenoxy) is 2. The highest BCUT2D eigenvalue weighted by molar-refractivity contribution is 6.00. The van der Waals surface area contributed by atoms with E-state index in [9.17, 15) is 4.79 Å². The molecule has 0 saturated heterocycles. The molecule has 0 fully saturated rings. The van der Waals surface area contributed by atoms with E-state index in [1.807, 2.05) is 36.4 Å². The molecule has 0 N–H and O–H groups in total. The summed E-state index contributed by atoms with van der Waals surface area (Å²) in [5.74, 6) is 1.92. The average Bonchev–Trinajstić information content (AvgIpc) is 2.98. The van der Waals surface area contributed by atoms with Crippen molar-refractivity contribution in [2.24, 2.45) is 5.92 Å². The highest BCUT2D eigenvalue weighted by Crippen LogP contribution is 2.34. The van der Waals surface area contributed by atoms with Crippen LogP contribution in [0.4, 0.5) is 0 Å². The summed E-state index contributed by atoms with van der Waals surface area (Å²) < 4.78 is 10.7. The highest BCUT2D eigenvalue weighted by atomic mass is 16.7. The summed E-state index contributed by atoms with van der Waals surface area (Å²) in [5.41, 5.74) is 3.22. The largest absolute Gasteiger partial charge is 0.454 e. The lowest BCUT2D eigenvalue weighted by Crippen LogP contribution is -2.24. The number of fused-ring (bicyclic) bond motifs is 2. The fourth-order valence-corrected chi connectivity index (χ4v) is 3.21. The Balaban J connectivity index is 1.57. The Labute approximate surface area is 123 Å². The van der Waals surface area contributed by atoms with E-state index >= 15 is 0 Å². The van der Waals surface area contributed by atoms with Crippen LogP contribution in [0.1, 0.15) is 27.9 Å². The summed E-state index contributed by atoms with van der Waals surface area (Å²) in [7, 11) is 0. The van der Waals surface area contributed by atoms with Crippen LogP contribution in [0.3, 0.4) is 0 Å². The van der Waals surface area contributed by atoms with Gasteiger partial charge in [-0.15, -0.1) is 0 Å². The van der Waals surface area contributed by atoms with Crippen molar-refractivity contribution in [3.8, 4) is 11.5 Å². The van der Waals surface area contributed by atoms with Crippen molar-refractivity contribution in [2.45, 2.75) is 19.3 Å². The van der Waals surface area contributed by atoms with Gasteiger partial charge in [0.2, 0.25) is 6.79 Å². The molecule has 1 aliphatic heterocycles. The second kappa shape index (κ2) is 4.92. The SMILES string of the molecule is O=C1c2ccccc2CCC1Cc1ccc2c(c1)OCO2. The van der Waals surface area contributed by atoms with Gasteiger partial charge in [0.05, 0.1) is 0 Å². The fraction of sp³-hybridized carbons (Fsp3) is 0.278. The predicted molar refractivity (Wildman–Crippen MR) is 78.9 cm³/mol. The van der Waals surface area contributed by atoms with Gasteiger partial charge in [0.1, 0.15) is 0 Å². The Morgan fingerprint density at radius 3 is 2.86 bits per heavy atom. The van der Waals surface area contributed by atoms with Crippen LogP contribution in [-0.2, 0) is 12.8 Å². The summed E-state index contributed by atoms with van der Waals surface area (Å²) in [4.78, 5) is 12.6. The molecule has 21 heavy (non-hydrogen) atoms. The number of ketones is 1. The maximum Gasteiger partial charge on any atom is 0.231 e. The van der Waals surface area contributed by atoms with Crippen LogP contribution in [0.5, 0.6) is 11.5 Å². The molecule has 0 spiro atoms. The van der Waals surface area contributed by atoms with Crippen LogP contribution in [0.15, 0.2) is 42.5 Å². The molecule has 0 aromatic heterocycles. The van der Waals surface area contributed by atoms with Gasteiger partial charge in [0, 0.05) is 11.5 Å². The predicted octanol–water partition coefficient (Wildman–Crippen LogP) is 3.40. The number of carbonyl (C=O) groups is 1. The van der Waals surface area contributed by atoms with Crippen molar-refractivity contribution in [1.82, 2.24) is 0 Å². The van der Waals surface area contributed by atoms with Crippen LogP contribution in [0, 0.1) is 5.92 Å². The van der Waals surface area contributed by atoms with Crippen LogP contribution >= 0.6 is 0 Å². The molecule has 2 aromatic rings. The molecule has 0 amide bonds. The van der Waals surface area contributed by atoms with Gasteiger partial charge in [-0.1, -0.05) is 30.3 Å². The van der Waals surface area contributed by atoms with Crippen LogP contribution < -0.4 is 9.47 Å². The standard InChI is InChI=1S/C18H16O3/c19-18-14(7-6-13-3-1-2-4-15(13)18)9-12-5-8-16-17(10-12)21-11-20-16/h1-5,8,10,14H,6-7,9,11H2. The van der Waals surface area contributed by atoms with Crippen molar-refractivity contribution in [3.63, 3.8) is 0 Å². The molecule has 0 saturated carbocycles. The molecular weight excluding hydrogens is 264 g/mol. The number of Topliss-reactive ketones (excluding diaryl/α,β-unsaturated/α-hetero) is 1. The van der Waals surface area contributed by atoms with Gasteiger partial charge in [0.25, 0.3) is 0 Å². The molecule has 1 unspecified atom stereocenters. The van der Waals surface area contributed by atoms with Gasteiger partial charge in [-0.25, -0.2) is 0 Å². The minimum atomic E-state index is 0.0697. The van der Waals surface area contributed by atoms with Gasteiger partial charge in [-0.3, -0.25) is 4.79 Å². The first-order valence-corrected chi connectivity index (χ1v) is 7.32. The van der Waals surface area contributed by atoms with Gasteiger partial charge in [-0.05, 0) is 42.5 Å². The van der Waals surface area contributed by atoms with Crippen molar-refractivity contribution < 1.29 is 14.3 Å². The molecule has 2 aliphatic rings. The Kier molecular flexibility index (Phi) is 2.92. The van der Waals surface area contributed by atoms with E-state index in [0.717, 1.165) is 41.9 Å². The third-order valence-corrected chi connectivity index (χ3v) is 4.33. The van der Waals surface area contributed by atoms with Crippen molar-refractivity contribution in [1.29, 1.82) is 0 Å². The highest BCUT2D eigenvalue weighted by Gasteiger charge is 2.27. The van der Waals surface area contributed by atoms with E-state index in [-0.39, 0.29) is 18.5 Å². The van der Waals surface area contributed by atoms with Crippen LogP contribution in [0.25, 0.3) is 0 Å². The minimum absolute atomic E-state index is 0.0697. The molecule has 3 heteroatoms. The van der Waals surface area contributed by atoms with E-state index in [1.54, 1.807) is 0 Å². The molecule has 1 atom stereocenters. The zero-order chi connectivity index (χ0) is 14.2. The van der Waals surface area contributed by atoms with Crippen molar-refractivity contribution in [3.05, 3.63) is 59.2 Å². The van der Waals surface area contributed by atoms with Crippen molar-refractivity contribution in [2.75, 3.05) is 6.79 Å². The first-order valence-electron chi connectivity index (χ1n) is 7.32. The summed E-state index contributed by atoms with van der Waals surface area (Å²) in [6.07, 6.45) is 2.67. The van der Waals surface area contributed by atoms with E-state index in [0.29, 0.717) is 0 Å². The maximum absolute atomic E-state index is 12.6. The lowest BCUT2D eigenvalue weighted by molar-refractivity contribution is 0.0901. The molecule has 2 aromatic carbocycles. The normalized spacial score (nSPS) is 19.4. The lowest BCUT2D eigenvalue weighted by atomic mass is 9.80. The third kappa shape index (κ3) is 2.19. The zero-order valence-corrected chi connectivity index (χ0v) is 11.7. The van der Waals surface area contributed by atoms with E-state index < -0.39 is 0 Å². The van der Waals surface area contributed by atoms with Crippen LogP contribution in [0.2, 0.25) is 0 Å². The molecule has 0 radical (unpaired) electrons. The van der Waals surface area contributed by atoms with Gasteiger partial charge in [-0.2, -0.15) is 0 Å². The van der Waals surface area contributed by atoms with E-state index in [2.05, 4.69) is 6.07 Å². The van der Waals surface area contributed by atoms with E-state index in [1.165, 1.54) is 5.56 Å². The Morgan fingerprint density at radius 1 is 1.05 bits per heavy atom. The van der Waals surface area contributed by atoms with Gasteiger partial charge >= 0.3 is 0 Å². The Hall–Kier alpha value is -2.29. The topological polar surface area (TPSA) is 35.5 Å². The summed E-state index contributed by atoms with van der Waals surface area (Å²) in [5, 5.41) is 0. The first kappa shape index (κ1) is 12.5. The number of carbonyl (C=O) groups excluding carboxylic acids is 1. The molecule has 0 bridgehead atoms. The summed E-state index contributed by atoms with van der Waals surface area (Å²) in [6.45, 7) is 0.286. The first-order chi connectivity index (χ1) is 10.3. The fourth-order valence-electron chi connectivity index (χ4n) is 3.21. The molecule has 1 aliphatic carbocycles. The molecular formula is C18H16O3. The minimum Gasteiger partial charge on any atom is -0.454 e. The second-order valence-electron chi connectivity index (χ2n) is 5.65. The quantitative estimate of drug-likeness (QED) is 0.845. The number of aryl methyl sites for hydroxylation is 1. The van der Waals surface area contributed by atoms with Gasteiger partial charge in [0.15, 0.2) is 17.3 Å². The monoisotopic (exact) mass is 280 g/mol. The Bertz CT molecular complexity index is 705. The molecule has 1 heterocycles. The Morgan fingerprint density at radius 2 is 1.90 bits per heavy atom. The lowest BCUT2D eigenvalue weighted by Gasteiger charge is -2.23. The van der Waals surface area contributed by atoms with Gasteiger partial charge < -0.3 is 9.47 Å². The van der Waals surface area contributed by atoms with E-state index in [4.69, 9.17) is 9.47 Å². The molecule has 106 valence electrons. The van der Waals surface area contributed by atoms with Crippen molar-refractivity contribution >= 4 is 5.78 Å².